The number of nitrogens with zero attached hydrogens (tertiary/aromatic N) is 2. The van der Waals surface area contributed by atoms with Crippen molar-refractivity contribution >= 4 is 69.1 Å². The van der Waals surface area contributed by atoms with E-state index < -0.39 is 0 Å². The van der Waals surface area contributed by atoms with Gasteiger partial charge in [-0.1, -0.05) is 60.5 Å². The summed E-state index contributed by atoms with van der Waals surface area (Å²) in [4.78, 5) is 15.0. The molecule has 1 fully saturated rings. The van der Waals surface area contributed by atoms with Crippen molar-refractivity contribution in [2.75, 3.05) is 4.90 Å². The van der Waals surface area contributed by atoms with E-state index in [-0.39, 0.29) is 5.91 Å². The van der Waals surface area contributed by atoms with E-state index in [9.17, 15) is 4.79 Å². The summed E-state index contributed by atoms with van der Waals surface area (Å²) in [5, 5.41) is 5.65. The molecule has 0 aliphatic carbocycles. The van der Waals surface area contributed by atoms with E-state index in [1.54, 1.807) is 4.90 Å². The van der Waals surface area contributed by atoms with E-state index in [1.165, 1.54) is 11.1 Å². The number of thiocarbonyl (C=S) groups is 1. The van der Waals surface area contributed by atoms with Crippen molar-refractivity contribution in [2.45, 2.75) is 33.7 Å². The van der Waals surface area contributed by atoms with Crippen LogP contribution in [0.25, 0.3) is 17.0 Å². The zero-order valence-electron chi connectivity index (χ0n) is 20.2. The van der Waals surface area contributed by atoms with Gasteiger partial charge in [0.25, 0.3) is 5.91 Å². The molecule has 0 saturated carbocycles. The van der Waals surface area contributed by atoms with Crippen LogP contribution in [0.5, 0.6) is 0 Å². The third kappa shape index (κ3) is 4.43. The summed E-state index contributed by atoms with van der Waals surface area (Å²) in [6.07, 6.45) is 4.86. The number of hydrogen-bond acceptors (Lipinski definition) is 2. The molecule has 7 heteroatoms. The Bertz CT molecular complexity index is 1570. The molecule has 0 unspecified atom stereocenters. The van der Waals surface area contributed by atoms with Gasteiger partial charge in [-0.25, -0.2) is 0 Å². The molecule has 2 heterocycles. The van der Waals surface area contributed by atoms with Crippen molar-refractivity contribution < 1.29 is 4.79 Å². The van der Waals surface area contributed by atoms with Gasteiger partial charge in [-0.15, -0.1) is 0 Å². The summed E-state index contributed by atoms with van der Waals surface area (Å²) in [6, 6.07) is 17.9. The number of benzene rings is 3. The predicted molar refractivity (Wildman–Crippen MR) is 154 cm³/mol. The van der Waals surface area contributed by atoms with Gasteiger partial charge in [0.1, 0.15) is 5.70 Å². The summed E-state index contributed by atoms with van der Waals surface area (Å²) in [7, 11) is 0. The van der Waals surface area contributed by atoms with Crippen molar-refractivity contribution in [1.29, 1.82) is 0 Å². The summed E-state index contributed by atoms with van der Waals surface area (Å²) in [6.45, 7) is 6.85. The average Bonchev–Trinajstić information content (AvgIpc) is 3.34. The second-order valence-electron chi connectivity index (χ2n) is 9.02. The first-order chi connectivity index (χ1) is 17.3. The second kappa shape index (κ2) is 9.74. The molecule has 3 aromatic carbocycles. The van der Waals surface area contributed by atoms with Gasteiger partial charge in [0.15, 0.2) is 5.11 Å². The fourth-order valence-electron chi connectivity index (χ4n) is 4.61. The van der Waals surface area contributed by atoms with E-state index in [1.807, 2.05) is 56.3 Å². The highest BCUT2D eigenvalue weighted by atomic mass is 35.5. The summed E-state index contributed by atoms with van der Waals surface area (Å²) < 4.78 is 2.21. The Balaban J connectivity index is 1.56. The Morgan fingerprint density at radius 3 is 2.53 bits per heavy atom. The number of para-hydroxylation sites is 1. The number of fused-ring (bicyclic) bond motifs is 1. The molecule has 1 N–H and O–H groups in total. The molecule has 0 bridgehead atoms. The molecular formula is C29H25Cl2N3OS. The van der Waals surface area contributed by atoms with Crippen LogP contribution in [0.1, 0.15) is 34.7 Å². The largest absolute Gasteiger partial charge is 0.342 e. The smallest absolute Gasteiger partial charge is 0.281 e. The molecule has 4 nitrogen and oxygen atoms in total. The number of anilines is 1. The third-order valence-corrected chi connectivity index (χ3v) is 7.68. The molecule has 0 atom stereocenters. The first-order valence-corrected chi connectivity index (χ1v) is 12.9. The Hall–Kier alpha value is -3.12. The number of amides is 1. The van der Waals surface area contributed by atoms with Gasteiger partial charge in [0.2, 0.25) is 0 Å². The van der Waals surface area contributed by atoms with Gasteiger partial charge in [-0.3, -0.25) is 9.69 Å². The second-order valence-corrected chi connectivity index (χ2v) is 10.2. The lowest BCUT2D eigenvalue weighted by atomic mass is 10.1. The molecular weight excluding hydrogens is 509 g/mol. The summed E-state index contributed by atoms with van der Waals surface area (Å²) >= 11 is 17.9. The number of carbonyl (C=O) groups is 1. The van der Waals surface area contributed by atoms with Crippen LogP contribution in [-0.2, 0) is 17.8 Å². The zero-order chi connectivity index (χ0) is 25.6. The number of hydrogen-bond donors (Lipinski definition) is 1. The Morgan fingerprint density at radius 1 is 1.00 bits per heavy atom. The van der Waals surface area contributed by atoms with Crippen LogP contribution in [0.3, 0.4) is 0 Å². The Kier molecular flexibility index (Phi) is 6.64. The standard InChI is InChI=1S/C29H25Cl2N3OS/c1-4-20-6-5-7-23-21(16-33(27(20)23)15-19-9-11-24(30)25(31)13-19)14-26-28(35)34(29(36)32-26)22-10-8-17(2)18(3)12-22/h5-14,16H,4,15H2,1-3H3,(H,32,36)/b26-14-. The fourth-order valence-corrected chi connectivity index (χ4v) is 5.23. The highest BCUT2D eigenvalue weighted by molar-refractivity contribution is 7.80. The van der Waals surface area contributed by atoms with Gasteiger partial charge in [0.05, 0.1) is 21.2 Å². The maximum Gasteiger partial charge on any atom is 0.281 e. The van der Waals surface area contributed by atoms with E-state index in [0.29, 0.717) is 27.4 Å². The topological polar surface area (TPSA) is 37.3 Å². The van der Waals surface area contributed by atoms with Crippen LogP contribution in [0.15, 0.2) is 66.5 Å². The van der Waals surface area contributed by atoms with Gasteiger partial charge < -0.3 is 9.88 Å². The maximum atomic E-state index is 13.4. The average molecular weight is 535 g/mol. The molecule has 4 aromatic rings. The Labute approximate surface area is 226 Å². The van der Waals surface area contributed by atoms with E-state index in [0.717, 1.165) is 39.7 Å². The zero-order valence-corrected chi connectivity index (χ0v) is 22.6. The van der Waals surface area contributed by atoms with Gasteiger partial charge in [-0.05, 0) is 85.1 Å². The number of aromatic nitrogens is 1. The van der Waals surface area contributed by atoms with Crippen molar-refractivity contribution in [2.24, 2.45) is 0 Å². The van der Waals surface area contributed by atoms with Crippen molar-refractivity contribution in [3.63, 3.8) is 0 Å². The van der Waals surface area contributed by atoms with Crippen LogP contribution in [0.2, 0.25) is 10.0 Å². The Morgan fingerprint density at radius 2 is 1.81 bits per heavy atom. The lowest BCUT2D eigenvalue weighted by Gasteiger charge is -2.15. The van der Waals surface area contributed by atoms with E-state index in [2.05, 4.69) is 41.2 Å². The summed E-state index contributed by atoms with van der Waals surface area (Å²) in [5.74, 6) is -0.166. The van der Waals surface area contributed by atoms with Crippen LogP contribution >= 0.6 is 35.4 Å². The maximum absolute atomic E-state index is 13.4. The normalized spacial score (nSPS) is 14.8. The minimum absolute atomic E-state index is 0.166. The molecule has 1 aromatic heterocycles. The molecule has 5 rings (SSSR count). The first kappa shape index (κ1) is 24.6. The SMILES string of the molecule is CCc1cccc2c(/C=C3\NC(=S)N(c4ccc(C)c(C)c4)C3=O)cn(Cc3ccc(Cl)c(Cl)c3)c12. The van der Waals surface area contributed by atoms with Crippen LogP contribution in [0.4, 0.5) is 5.69 Å². The van der Waals surface area contributed by atoms with Crippen molar-refractivity contribution in [1.82, 2.24) is 9.88 Å². The van der Waals surface area contributed by atoms with Crippen LogP contribution in [-0.4, -0.2) is 15.6 Å². The number of carbonyl (C=O) groups excluding carboxylic acids is 1. The minimum atomic E-state index is -0.166. The molecule has 0 radical (unpaired) electrons. The van der Waals surface area contributed by atoms with Gasteiger partial charge >= 0.3 is 0 Å². The van der Waals surface area contributed by atoms with Crippen molar-refractivity contribution in [3.05, 3.63) is 104 Å². The quantitative estimate of drug-likeness (QED) is 0.214. The molecule has 0 spiro atoms. The molecule has 36 heavy (non-hydrogen) atoms. The number of nitrogens with one attached hydrogen (secondary N) is 1. The minimum Gasteiger partial charge on any atom is -0.342 e. The number of halogens is 2. The van der Waals surface area contributed by atoms with Gasteiger partial charge in [-0.2, -0.15) is 0 Å². The summed E-state index contributed by atoms with van der Waals surface area (Å²) in [5.41, 5.74) is 7.85. The van der Waals surface area contributed by atoms with Crippen LogP contribution < -0.4 is 10.2 Å². The first-order valence-electron chi connectivity index (χ1n) is 11.8. The van der Waals surface area contributed by atoms with Gasteiger partial charge in [0, 0.05) is 23.7 Å². The number of rotatable bonds is 5. The molecule has 182 valence electrons. The molecule has 1 saturated heterocycles. The third-order valence-electron chi connectivity index (χ3n) is 6.66. The number of aryl methyl sites for hydroxylation is 3. The monoisotopic (exact) mass is 533 g/mol. The van der Waals surface area contributed by atoms with E-state index >= 15 is 0 Å². The van der Waals surface area contributed by atoms with Crippen molar-refractivity contribution in [3.8, 4) is 0 Å². The molecule has 1 aliphatic heterocycles. The lowest BCUT2D eigenvalue weighted by Crippen LogP contribution is -2.30. The highest BCUT2D eigenvalue weighted by Crippen LogP contribution is 2.31. The predicted octanol–water partition coefficient (Wildman–Crippen LogP) is 7.44. The molecule has 1 aliphatic rings. The van der Waals surface area contributed by atoms with E-state index in [4.69, 9.17) is 35.4 Å². The molecule has 1 amide bonds. The highest BCUT2D eigenvalue weighted by Gasteiger charge is 2.32. The van der Waals surface area contributed by atoms with Crippen LogP contribution in [0, 0.1) is 13.8 Å². The lowest BCUT2D eigenvalue weighted by molar-refractivity contribution is -0.113. The fraction of sp³-hybridized carbons (Fsp3) is 0.172.